The fraction of sp³-hybridized carbons (Fsp3) is 0.500. The second-order valence-corrected chi connectivity index (χ2v) is 5.32. The molecule has 0 fully saturated rings. The largest absolute Gasteiger partial charge is 0.354 e. The zero-order valence-electron chi connectivity index (χ0n) is 12.8. The first-order chi connectivity index (χ1) is 9.40. The highest BCUT2D eigenvalue weighted by Crippen LogP contribution is 2.03. The number of hydrogen-bond donors (Lipinski definition) is 1. The lowest BCUT2D eigenvalue weighted by molar-refractivity contribution is -0.131. The molecule has 1 N–H and O–H groups in total. The number of carbonyl (C=O) groups is 2. The minimum Gasteiger partial charge on any atom is -0.354 e. The van der Waals surface area contributed by atoms with Gasteiger partial charge < -0.3 is 10.2 Å². The molecule has 0 radical (unpaired) electrons. The second-order valence-electron chi connectivity index (χ2n) is 5.32. The van der Waals surface area contributed by atoms with Crippen molar-refractivity contribution >= 4 is 11.8 Å². The SMILES string of the molecule is CC(=O)N(CCNC(=O)Cc1ccc(C)cc1)C(C)C. The van der Waals surface area contributed by atoms with Crippen molar-refractivity contribution < 1.29 is 9.59 Å². The number of nitrogens with zero attached hydrogens (tertiary/aromatic N) is 1. The Bertz CT molecular complexity index is 452. The van der Waals surface area contributed by atoms with Crippen molar-refractivity contribution in [2.24, 2.45) is 0 Å². The van der Waals surface area contributed by atoms with Gasteiger partial charge in [-0.25, -0.2) is 0 Å². The number of rotatable bonds is 6. The molecule has 0 aliphatic rings. The van der Waals surface area contributed by atoms with Crippen LogP contribution in [0.15, 0.2) is 24.3 Å². The van der Waals surface area contributed by atoms with E-state index in [-0.39, 0.29) is 17.9 Å². The van der Waals surface area contributed by atoms with Crippen LogP contribution in [0.5, 0.6) is 0 Å². The molecule has 4 heteroatoms. The zero-order chi connectivity index (χ0) is 15.1. The lowest BCUT2D eigenvalue weighted by Crippen LogP contribution is -2.41. The van der Waals surface area contributed by atoms with Crippen LogP contribution in [-0.2, 0) is 16.0 Å². The molecule has 1 rings (SSSR count). The number of benzene rings is 1. The monoisotopic (exact) mass is 276 g/mol. The Hall–Kier alpha value is -1.84. The Balaban J connectivity index is 2.36. The number of amides is 2. The average molecular weight is 276 g/mol. The summed E-state index contributed by atoms with van der Waals surface area (Å²) < 4.78 is 0. The van der Waals surface area contributed by atoms with Crippen molar-refractivity contribution in [3.8, 4) is 0 Å². The molecule has 0 bridgehead atoms. The van der Waals surface area contributed by atoms with E-state index < -0.39 is 0 Å². The van der Waals surface area contributed by atoms with Gasteiger partial charge in [0.25, 0.3) is 0 Å². The third kappa shape index (κ3) is 5.43. The second kappa shape index (κ2) is 7.68. The molecule has 0 aromatic heterocycles. The number of carbonyl (C=O) groups excluding carboxylic acids is 2. The molecule has 0 atom stereocenters. The van der Waals surface area contributed by atoms with E-state index in [4.69, 9.17) is 0 Å². The van der Waals surface area contributed by atoms with E-state index in [1.807, 2.05) is 45.0 Å². The van der Waals surface area contributed by atoms with E-state index in [0.29, 0.717) is 19.5 Å². The van der Waals surface area contributed by atoms with Gasteiger partial charge in [-0.3, -0.25) is 9.59 Å². The van der Waals surface area contributed by atoms with Gasteiger partial charge in [0.05, 0.1) is 6.42 Å². The van der Waals surface area contributed by atoms with Crippen LogP contribution in [0.1, 0.15) is 31.9 Å². The summed E-state index contributed by atoms with van der Waals surface area (Å²) in [6, 6.07) is 8.08. The van der Waals surface area contributed by atoms with Gasteiger partial charge in [0.1, 0.15) is 0 Å². The molecule has 0 saturated carbocycles. The maximum atomic E-state index is 11.8. The summed E-state index contributed by atoms with van der Waals surface area (Å²) in [5.41, 5.74) is 2.18. The third-order valence-corrected chi connectivity index (χ3v) is 3.19. The first-order valence-corrected chi connectivity index (χ1v) is 6.99. The summed E-state index contributed by atoms with van der Waals surface area (Å²) in [7, 11) is 0. The van der Waals surface area contributed by atoms with Gasteiger partial charge in [0.2, 0.25) is 11.8 Å². The molecule has 20 heavy (non-hydrogen) atoms. The van der Waals surface area contributed by atoms with Crippen molar-refractivity contribution in [3.63, 3.8) is 0 Å². The van der Waals surface area contributed by atoms with Crippen LogP contribution in [0.25, 0.3) is 0 Å². The molecule has 2 amide bonds. The van der Waals surface area contributed by atoms with Crippen molar-refractivity contribution in [1.82, 2.24) is 10.2 Å². The molecule has 110 valence electrons. The van der Waals surface area contributed by atoms with E-state index in [9.17, 15) is 9.59 Å². The molecule has 1 aromatic rings. The van der Waals surface area contributed by atoms with Crippen molar-refractivity contribution in [1.29, 1.82) is 0 Å². The zero-order valence-corrected chi connectivity index (χ0v) is 12.8. The van der Waals surface area contributed by atoms with E-state index in [1.165, 1.54) is 5.56 Å². The molecule has 0 spiro atoms. The summed E-state index contributed by atoms with van der Waals surface area (Å²) in [6.07, 6.45) is 0.377. The molecular formula is C16H24N2O2. The highest BCUT2D eigenvalue weighted by atomic mass is 16.2. The molecule has 0 aliphatic heterocycles. The van der Waals surface area contributed by atoms with E-state index in [2.05, 4.69) is 5.32 Å². The van der Waals surface area contributed by atoms with Gasteiger partial charge in [0, 0.05) is 26.1 Å². The standard InChI is InChI=1S/C16H24N2O2/c1-12(2)18(14(4)19)10-9-17-16(20)11-15-7-5-13(3)6-8-15/h5-8,12H,9-11H2,1-4H3,(H,17,20). The van der Waals surface area contributed by atoms with E-state index >= 15 is 0 Å². The van der Waals surface area contributed by atoms with Gasteiger partial charge in [-0.2, -0.15) is 0 Å². The van der Waals surface area contributed by atoms with Crippen LogP contribution in [0.3, 0.4) is 0 Å². The molecule has 0 aliphatic carbocycles. The maximum absolute atomic E-state index is 11.8. The first kappa shape index (κ1) is 16.2. The summed E-state index contributed by atoms with van der Waals surface area (Å²) in [6.45, 7) is 8.54. The van der Waals surface area contributed by atoms with Gasteiger partial charge in [-0.15, -0.1) is 0 Å². The van der Waals surface area contributed by atoms with Crippen molar-refractivity contribution in [2.75, 3.05) is 13.1 Å². The smallest absolute Gasteiger partial charge is 0.224 e. The third-order valence-electron chi connectivity index (χ3n) is 3.19. The Kier molecular flexibility index (Phi) is 6.22. The fourth-order valence-electron chi connectivity index (χ4n) is 2.05. The van der Waals surface area contributed by atoms with E-state index in [0.717, 1.165) is 5.56 Å². The maximum Gasteiger partial charge on any atom is 0.224 e. The fourth-order valence-corrected chi connectivity index (χ4v) is 2.05. The first-order valence-electron chi connectivity index (χ1n) is 6.99. The summed E-state index contributed by atoms with van der Waals surface area (Å²) in [5, 5.41) is 2.85. The number of aryl methyl sites for hydroxylation is 1. The van der Waals surface area contributed by atoms with Crippen LogP contribution >= 0.6 is 0 Å². The van der Waals surface area contributed by atoms with Gasteiger partial charge >= 0.3 is 0 Å². The Morgan fingerprint density at radius 2 is 1.80 bits per heavy atom. The predicted molar refractivity (Wildman–Crippen MR) is 80.4 cm³/mol. The molecule has 0 unspecified atom stereocenters. The highest BCUT2D eigenvalue weighted by Gasteiger charge is 2.12. The molecule has 0 saturated heterocycles. The van der Waals surface area contributed by atoms with Crippen molar-refractivity contribution in [2.45, 2.75) is 40.2 Å². The van der Waals surface area contributed by atoms with Crippen LogP contribution in [0.2, 0.25) is 0 Å². The van der Waals surface area contributed by atoms with Gasteiger partial charge in [-0.1, -0.05) is 29.8 Å². The minimum atomic E-state index is -0.0129. The van der Waals surface area contributed by atoms with Crippen molar-refractivity contribution in [3.05, 3.63) is 35.4 Å². The van der Waals surface area contributed by atoms with Crippen LogP contribution in [0.4, 0.5) is 0 Å². The quantitative estimate of drug-likeness (QED) is 0.863. The molecule has 1 aromatic carbocycles. The lowest BCUT2D eigenvalue weighted by Gasteiger charge is -2.25. The van der Waals surface area contributed by atoms with E-state index in [1.54, 1.807) is 11.8 Å². The van der Waals surface area contributed by atoms with Gasteiger partial charge in [-0.05, 0) is 26.3 Å². The Morgan fingerprint density at radius 1 is 1.20 bits per heavy atom. The van der Waals surface area contributed by atoms with Crippen LogP contribution < -0.4 is 5.32 Å². The topological polar surface area (TPSA) is 49.4 Å². The molecule has 0 heterocycles. The molecular weight excluding hydrogens is 252 g/mol. The predicted octanol–water partition coefficient (Wildman–Crippen LogP) is 1.91. The summed E-state index contributed by atoms with van der Waals surface area (Å²) in [5.74, 6) is 0.0221. The normalized spacial score (nSPS) is 10.4. The Labute approximate surface area is 121 Å². The summed E-state index contributed by atoms with van der Waals surface area (Å²) in [4.78, 5) is 24.9. The molecule has 4 nitrogen and oxygen atoms in total. The van der Waals surface area contributed by atoms with Crippen LogP contribution in [0, 0.1) is 6.92 Å². The highest BCUT2D eigenvalue weighted by molar-refractivity contribution is 5.78. The number of hydrogen-bond acceptors (Lipinski definition) is 2. The average Bonchev–Trinajstić information content (AvgIpc) is 2.36. The lowest BCUT2D eigenvalue weighted by atomic mass is 10.1. The van der Waals surface area contributed by atoms with Gasteiger partial charge in [0.15, 0.2) is 0 Å². The summed E-state index contributed by atoms with van der Waals surface area (Å²) >= 11 is 0. The number of nitrogens with one attached hydrogen (secondary N) is 1. The minimum absolute atomic E-state index is 0.0129. The Morgan fingerprint density at radius 3 is 2.30 bits per heavy atom. The van der Waals surface area contributed by atoms with Crippen LogP contribution in [-0.4, -0.2) is 35.8 Å².